The topological polar surface area (TPSA) is 56.2 Å². The normalized spacial score (nSPS) is 11.6. The van der Waals surface area contributed by atoms with Crippen LogP contribution in [0.2, 0.25) is 5.02 Å². The Balaban J connectivity index is 2.44. The third-order valence-electron chi connectivity index (χ3n) is 2.76. The molecule has 0 saturated heterocycles. The van der Waals surface area contributed by atoms with Crippen molar-refractivity contribution < 1.29 is 10.2 Å². The standard InChI is InChI=1S/C12H14ClNO2/c1-7-8(5-6-11(15)16)9-3-2-4-10(13)12(9)14-7/h2-4,11,14-16H,5-6H2,1H3. The van der Waals surface area contributed by atoms with Gasteiger partial charge in [-0.3, -0.25) is 0 Å². The highest BCUT2D eigenvalue weighted by Crippen LogP contribution is 2.28. The summed E-state index contributed by atoms with van der Waals surface area (Å²) in [4.78, 5) is 3.22. The van der Waals surface area contributed by atoms with Crippen LogP contribution in [0.3, 0.4) is 0 Å². The molecule has 0 radical (unpaired) electrons. The van der Waals surface area contributed by atoms with Gasteiger partial charge in [-0.15, -0.1) is 0 Å². The van der Waals surface area contributed by atoms with Crippen molar-refractivity contribution in [2.24, 2.45) is 0 Å². The summed E-state index contributed by atoms with van der Waals surface area (Å²) in [6.45, 7) is 1.97. The SMILES string of the molecule is Cc1[nH]c2c(Cl)cccc2c1CCC(O)O. The number of aryl methyl sites for hydroxylation is 2. The van der Waals surface area contributed by atoms with E-state index < -0.39 is 6.29 Å². The molecular weight excluding hydrogens is 226 g/mol. The van der Waals surface area contributed by atoms with Crippen LogP contribution in [0.4, 0.5) is 0 Å². The average Bonchev–Trinajstić information content (AvgIpc) is 2.53. The van der Waals surface area contributed by atoms with Crippen molar-refractivity contribution in [2.75, 3.05) is 0 Å². The van der Waals surface area contributed by atoms with E-state index in [1.807, 2.05) is 25.1 Å². The number of benzene rings is 1. The van der Waals surface area contributed by atoms with Gasteiger partial charge in [0.25, 0.3) is 0 Å². The molecule has 0 aliphatic heterocycles. The summed E-state index contributed by atoms with van der Waals surface area (Å²) in [6.07, 6.45) is -0.298. The largest absolute Gasteiger partial charge is 0.368 e. The summed E-state index contributed by atoms with van der Waals surface area (Å²) in [5, 5.41) is 19.5. The highest BCUT2D eigenvalue weighted by Gasteiger charge is 2.11. The van der Waals surface area contributed by atoms with E-state index in [1.165, 1.54) is 0 Å². The molecule has 86 valence electrons. The lowest BCUT2D eigenvalue weighted by molar-refractivity contribution is -0.0446. The highest BCUT2D eigenvalue weighted by atomic mass is 35.5. The fraction of sp³-hybridized carbons (Fsp3) is 0.333. The van der Waals surface area contributed by atoms with Crippen LogP contribution in [0.15, 0.2) is 18.2 Å². The summed E-state index contributed by atoms with van der Waals surface area (Å²) in [5.41, 5.74) is 3.05. The van der Waals surface area contributed by atoms with Gasteiger partial charge in [-0.1, -0.05) is 23.7 Å². The molecule has 0 amide bonds. The van der Waals surface area contributed by atoms with Crippen LogP contribution in [-0.4, -0.2) is 21.5 Å². The zero-order valence-electron chi connectivity index (χ0n) is 9.00. The number of rotatable bonds is 3. The second kappa shape index (κ2) is 4.45. The Hall–Kier alpha value is -1.03. The number of hydrogen-bond donors (Lipinski definition) is 3. The molecule has 4 heteroatoms. The number of para-hydroxylation sites is 1. The number of aliphatic hydroxyl groups excluding tert-OH is 1. The Morgan fingerprint density at radius 3 is 2.81 bits per heavy atom. The third-order valence-corrected chi connectivity index (χ3v) is 3.07. The minimum Gasteiger partial charge on any atom is -0.368 e. The first kappa shape index (κ1) is 11.5. The van der Waals surface area contributed by atoms with Gasteiger partial charge < -0.3 is 15.2 Å². The first-order chi connectivity index (χ1) is 7.59. The third kappa shape index (κ3) is 2.07. The molecule has 0 fully saturated rings. The smallest absolute Gasteiger partial charge is 0.151 e. The van der Waals surface area contributed by atoms with E-state index in [2.05, 4.69) is 4.98 Å². The molecule has 0 aliphatic carbocycles. The molecule has 0 atom stereocenters. The lowest BCUT2D eigenvalue weighted by Gasteiger charge is -2.03. The molecule has 1 aromatic carbocycles. The number of aromatic amines is 1. The van der Waals surface area contributed by atoms with Crippen molar-refractivity contribution in [3.63, 3.8) is 0 Å². The van der Waals surface area contributed by atoms with Gasteiger partial charge in [-0.2, -0.15) is 0 Å². The van der Waals surface area contributed by atoms with Gasteiger partial charge in [0.15, 0.2) is 6.29 Å². The zero-order valence-corrected chi connectivity index (χ0v) is 9.75. The quantitative estimate of drug-likeness (QED) is 0.721. The molecule has 0 bridgehead atoms. The average molecular weight is 240 g/mol. The molecule has 0 aliphatic rings. The second-order valence-electron chi connectivity index (χ2n) is 3.91. The number of H-pyrrole nitrogens is 1. The Morgan fingerprint density at radius 1 is 1.38 bits per heavy atom. The lowest BCUT2D eigenvalue weighted by atomic mass is 10.1. The minimum atomic E-state index is -1.26. The van der Waals surface area contributed by atoms with Crippen molar-refractivity contribution in [1.82, 2.24) is 4.98 Å². The molecule has 3 N–H and O–H groups in total. The maximum atomic E-state index is 8.89. The predicted octanol–water partition coefficient (Wildman–Crippen LogP) is 2.37. The monoisotopic (exact) mass is 239 g/mol. The summed E-state index contributed by atoms with van der Waals surface area (Å²) in [5.74, 6) is 0. The summed E-state index contributed by atoms with van der Waals surface area (Å²) in [6, 6.07) is 5.73. The van der Waals surface area contributed by atoms with Crippen LogP contribution in [0.25, 0.3) is 10.9 Å². The van der Waals surface area contributed by atoms with Crippen molar-refractivity contribution in [2.45, 2.75) is 26.1 Å². The van der Waals surface area contributed by atoms with E-state index in [-0.39, 0.29) is 0 Å². The molecule has 1 heterocycles. The van der Waals surface area contributed by atoms with Gasteiger partial charge in [0.1, 0.15) is 0 Å². The Bertz CT molecular complexity index is 505. The van der Waals surface area contributed by atoms with Gasteiger partial charge in [0.2, 0.25) is 0 Å². The van der Waals surface area contributed by atoms with Gasteiger partial charge >= 0.3 is 0 Å². The van der Waals surface area contributed by atoms with Crippen LogP contribution < -0.4 is 0 Å². The summed E-state index contributed by atoms with van der Waals surface area (Å²) in [7, 11) is 0. The van der Waals surface area contributed by atoms with Gasteiger partial charge in [0.05, 0.1) is 10.5 Å². The van der Waals surface area contributed by atoms with E-state index in [0.29, 0.717) is 17.9 Å². The molecule has 3 nitrogen and oxygen atoms in total. The zero-order chi connectivity index (χ0) is 11.7. The highest BCUT2D eigenvalue weighted by molar-refractivity contribution is 6.35. The van der Waals surface area contributed by atoms with E-state index in [9.17, 15) is 0 Å². The van der Waals surface area contributed by atoms with Crippen molar-refractivity contribution >= 4 is 22.5 Å². The van der Waals surface area contributed by atoms with Gasteiger partial charge in [-0.05, 0) is 25.0 Å². The number of nitrogens with one attached hydrogen (secondary N) is 1. The molecule has 2 aromatic rings. The van der Waals surface area contributed by atoms with Crippen molar-refractivity contribution in [1.29, 1.82) is 0 Å². The number of aromatic nitrogens is 1. The molecule has 2 rings (SSSR count). The second-order valence-corrected chi connectivity index (χ2v) is 4.32. The summed E-state index contributed by atoms with van der Waals surface area (Å²) >= 11 is 6.08. The fourth-order valence-electron chi connectivity index (χ4n) is 1.96. The molecule has 0 saturated carbocycles. The Labute approximate surface area is 98.7 Å². The minimum absolute atomic E-state index is 0.334. The molecule has 0 spiro atoms. The van der Waals surface area contributed by atoms with Crippen LogP contribution in [0.1, 0.15) is 17.7 Å². The molecule has 0 unspecified atom stereocenters. The van der Waals surface area contributed by atoms with Gasteiger partial charge in [-0.25, -0.2) is 0 Å². The predicted molar refractivity (Wildman–Crippen MR) is 64.6 cm³/mol. The number of aliphatic hydroxyl groups is 2. The maximum absolute atomic E-state index is 8.89. The van der Waals surface area contributed by atoms with Crippen molar-refractivity contribution in [3.05, 3.63) is 34.5 Å². The first-order valence-electron chi connectivity index (χ1n) is 5.21. The fourth-order valence-corrected chi connectivity index (χ4v) is 2.18. The van der Waals surface area contributed by atoms with Crippen LogP contribution in [0.5, 0.6) is 0 Å². The Kier molecular flexibility index (Phi) is 3.19. The van der Waals surface area contributed by atoms with E-state index >= 15 is 0 Å². The maximum Gasteiger partial charge on any atom is 0.151 e. The van der Waals surface area contributed by atoms with Crippen LogP contribution in [0, 0.1) is 6.92 Å². The van der Waals surface area contributed by atoms with Crippen LogP contribution >= 0.6 is 11.6 Å². The number of fused-ring (bicyclic) bond motifs is 1. The first-order valence-corrected chi connectivity index (χ1v) is 5.59. The molecule has 16 heavy (non-hydrogen) atoms. The number of halogens is 1. The number of hydrogen-bond acceptors (Lipinski definition) is 2. The van der Waals surface area contributed by atoms with E-state index in [0.717, 1.165) is 22.2 Å². The van der Waals surface area contributed by atoms with Gasteiger partial charge in [0, 0.05) is 17.5 Å². The van der Waals surface area contributed by atoms with Crippen molar-refractivity contribution in [3.8, 4) is 0 Å². The Morgan fingerprint density at radius 2 is 2.12 bits per heavy atom. The van der Waals surface area contributed by atoms with E-state index in [1.54, 1.807) is 0 Å². The molecular formula is C12H14ClNO2. The van der Waals surface area contributed by atoms with Crippen LogP contribution in [-0.2, 0) is 6.42 Å². The van der Waals surface area contributed by atoms with E-state index in [4.69, 9.17) is 21.8 Å². The lowest BCUT2D eigenvalue weighted by Crippen LogP contribution is -2.05. The summed E-state index contributed by atoms with van der Waals surface area (Å²) < 4.78 is 0. The molecule has 1 aromatic heterocycles.